The van der Waals surface area contributed by atoms with Crippen LogP contribution in [0.4, 0.5) is 0 Å². The maximum atomic E-state index is 6.27. The molecule has 0 aliphatic heterocycles. The summed E-state index contributed by atoms with van der Waals surface area (Å²) in [6.07, 6.45) is 1.13. The van der Waals surface area contributed by atoms with E-state index in [0.29, 0.717) is 22.9 Å². The number of rotatable bonds is 1. The number of hydrogen-bond acceptors (Lipinski definition) is 1. The summed E-state index contributed by atoms with van der Waals surface area (Å²) in [4.78, 5) is 0. The third-order valence-electron chi connectivity index (χ3n) is 4.43. The summed E-state index contributed by atoms with van der Waals surface area (Å²) in [5, 5.41) is 1.44. The number of fused-ring (bicyclic) bond motifs is 3. The second-order valence-electron chi connectivity index (χ2n) is 5.51. The molecule has 3 atom stereocenters. The monoisotopic (exact) mass is 289 g/mol. The first-order valence-corrected chi connectivity index (χ1v) is 7.24. The Morgan fingerprint density at radius 2 is 1.89 bits per heavy atom. The molecule has 0 aromatic heterocycles. The van der Waals surface area contributed by atoms with E-state index in [2.05, 4.69) is 18.2 Å². The summed E-state index contributed by atoms with van der Waals surface area (Å²) in [6.45, 7) is 0. The van der Waals surface area contributed by atoms with E-state index in [4.69, 9.17) is 28.9 Å². The molecule has 4 rings (SSSR count). The van der Waals surface area contributed by atoms with Crippen molar-refractivity contribution in [1.82, 2.24) is 0 Å². The van der Waals surface area contributed by atoms with Gasteiger partial charge in [0.2, 0.25) is 0 Å². The molecular weight excluding hydrogens is 277 g/mol. The van der Waals surface area contributed by atoms with Gasteiger partial charge in [-0.15, -0.1) is 0 Å². The second kappa shape index (κ2) is 3.99. The van der Waals surface area contributed by atoms with Gasteiger partial charge in [0.1, 0.15) is 0 Å². The summed E-state index contributed by atoms with van der Waals surface area (Å²) in [5.41, 5.74) is 11.1. The molecule has 2 aromatic rings. The van der Waals surface area contributed by atoms with Crippen molar-refractivity contribution in [3.05, 3.63) is 57.6 Å². The van der Waals surface area contributed by atoms with Gasteiger partial charge in [-0.1, -0.05) is 41.4 Å². The van der Waals surface area contributed by atoms with Gasteiger partial charge >= 0.3 is 0 Å². The van der Waals surface area contributed by atoms with E-state index < -0.39 is 0 Å². The molecule has 0 saturated heterocycles. The molecule has 3 unspecified atom stereocenters. The van der Waals surface area contributed by atoms with Crippen molar-refractivity contribution in [2.24, 2.45) is 11.7 Å². The normalized spacial score (nSPS) is 27.0. The van der Waals surface area contributed by atoms with Crippen LogP contribution in [-0.2, 0) is 6.42 Å². The number of benzene rings is 2. The summed E-state index contributed by atoms with van der Waals surface area (Å²) >= 11 is 12.3. The van der Waals surface area contributed by atoms with Gasteiger partial charge in [-0.3, -0.25) is 0 Å². The highest BCUT2D eigenvalue weighted by molar-refractivity contribution is 6.35. The van der Waals surface area contributed by atoms with Gasteiger partial charge in [0, 0.05) is 27.6 Å². The summed E-state index contributed by atoms with van der Waals surface area (Å²) in [7, 11) is 0. The van der Waals surface area contributed by atoms with Crippen LogP contribution in [0.1, 0.15) is 17.0 Å². The molecular formula is C16H13Cl2N. The zero-order valence-electron chi connectivity index (χ0n) is 10.2. The molecule has 0 heterocycles. The van der Waals surface area contributed by atoms with Gasteiger partial charge in [0.05, 0.1) is 0 Å². The van der Waals surface area contributed by atoms with Crippen molar-refractivity contribution in [3.63, 3.8) is 0 Å². The van der Waals surface area contributed by atoms with Crippen LogP contribution in [0.15, 0.2) is 36.4 Å². The molecule has 2 N–H and O–H groups in total. The van der Waals surface area contributed by atoms with Crippen molar-refractivity contribution in [3.8, 4) is 11.1 Å². The van der Waals surface area contributed by atoms with Gasteiger partial charge < -0.3 is 5.73 Å². The van der Waals surface area contributed by atoms with E-state index in [9.17, 15) is 0 Å². The van der Waals surface area contributed by atoms with E-state index in [1.54, 1.807) is 0 Å². The van der Waals surface area contributed by atoms with Crippen LogP contribution in [0.3, 0.4) is 0 Å². The van der Waals surface area contributed by atoms with Crippen LogP contribution in [-0.4, -0.2) is 6.04 Å². The van der Waals surface area contributed by atoms with Crippen LogP contribution >= 0.6 is 23.2 Å². The molecule has 1 fully saturated rings. The first-order chi connectivity index (χ1) is 9.15. The Hall–Kier alpha value is -1.02. The van der Waals surface area contributed by atoms with Gasteiger partial charge in [-0.25, -0.2) is 0 Å². The summed E-state index contributed by atoms with van der Waals surface area (Å²) in [5.74, 6) is 1.23. The standard InChI is InChI=1S/C16H13Cl2N/c17-10-3-4-14(18)11(7-10)8-1-2-9-6-13-15(16(13)19)12(9)5-8/h1-5,7,13,15-16H,6,19H2. The van der Waals surface area contributed by atoms with Gasteiger partial charge in [0.25, 0.3) is 0 Å². The largest absolute Gasteiger partial charge is 0.327 e. The molecule has 0 amide bonds. The quantitative estimate of drug-likeness (QED) is 0.834. The van der Waals surface area contributed by atoms with E-state index >= 15 is 0 Å². The highest BCUT2D eigenvalue weighted by Gasteiger charge is 2.53. The average Bonchev–Trinajstić information content (AvgIpc) is 2.87. The topological polar surface area (TPSA) is 26.0 Å². The third-order valence-corrected chi connectivity index (χ3v) is 4.99. The molecule has 2 aliphatic carbocycles. The minimum atomic E-state index is 0.359. The van der Waals surface area contributed by atoms with Crippen LogP contribution in [0.2, 0.25) is 10.0 Å². The van der Waals surface area contributed by atoms with Crippen molar-refractivity contribution < 1.29 is 0 Å². The molecule has 96 valence electrons. The zero-order chi connectivity index (χ0) is 13.1. The molecule has 0 spiro atoms. The first kappa shape index (κ1) is 11.8. The van der Waals surface area contributed by atoms with Gasteiger partial charge in [-0.05, 0) is 47.2 Å². The van der Waals surface area contributed by atoms with Crippen molar-refractivity contribution >= 4 is 23.2 Å². The predicted octanol–water partition coefficient (Wildman–Crippen LogP) is 4.26. The van der Waals surface area contributed by atoms with Crippen molar-refractivity contribution in [1.29, 1.82) is 0 Å². The Labute approximate surface area is 122 Å². The van der Waals surface area contributed by atoms with Crippen molar-refractivity contribution in [2.75, 3.05) is 0 Å². The Balaban J connectivity index is 1.83. The summed E-state index contributed by atoms with van der Waals surface area (Å²) < 4.78 is 0. The predicted molar refractivity (Wildman–Crippen MR) is 79.8 cm³/mol. The Bertz CT molecular complexity index is 680. The van der Waals surface area contributed by atoms with Crippen molar-refractivity contribution in [2.45, 2.75) is 18.4 Å². The smallest absolute Gasteiger partial charge is 0.0485 e. The maximum absolute atomic E-state index is 6.27. The SMILES string of the molecule is NC1C2Cc3ccc(-c4cc(Cl)ccc4Cl)cc3C12. The lowest BCUT2D eigenvalue weighted by atomic mass is 9.98. The maximum Gasteiger partial charge on any atom is 0.0485 e. The fraction of sp³-hybridized carbons (Fsp3) is 0.250. The van der Waals surface area contributed by atoms with E-state index in [1.165, 1.54) is 11.1 Å². The zero-order valence-corrected chi connectivity index (χ0v) is 11.7. The Kier molecular flexibility index (Phi) is 2.47. The van der Waals surface area contributed by atoms with Crippen LogP contribution in [0.5, 0.6) is 0 Å². The van der Waals surface area contributed by atoms with Crippen LogP contribution < -0.4 is 5.73 Å². The minimum absolute atomic E-state index is 0.359. The van der Waals surface area contributed by atoms with E-state index in [0.717, 1.165) is 22.6 Å². The molecule has 2 aromatic carbocycles. The number of hydrogen-bond donors (Lipinski definition) is 1. The van der Waals surface area contributed by atoms with Gasteiger partial charge in [-0.2, -0.15) is 0 Å². The fourth-order valence-corrected chi connectivity index (χ4v) is 3.73. The lowest BCUT2D eigenvalue weighted by Crippen LogP contribution is -2.08. The second-order valence-corrected chi connectivity index (χ2v) is 6.35. The third kappa shape index (κ3) is 1.73. The first-order valence-electron chi connectivity index (χ1n) is 6.49. The summed E-state index contributed by atoms with van der Waals surface area (Å²) in [6, 6.07) is 12.5. The molecule has 2 aliphatic rings. The van der Waals surface area contributed by atoms with Gasteiger partial charge in [0.15, 0.2) is 0 Å². The highest BCUT2D eigenvalue weighted by Crippen LogP contribution is 2.55. The lowest BCUT2D eigenvalue weighted by Gasteiger charge is -2.10. The van der Waals surface area contributed by atoms with E-state index in [1.807, 2.05) is 18.2 Å². The average molecular weight is 290 g/mol. The van der Waals surface area contributed by atoms with Crippen LogP contribution in [0, 0.1) is 5.92 Å². The molecule has 1 saturated carbocycles. The minimum Gasteiger partial charge on any atom is -0.327 e. The lowest BCUT2D eigenvalue weighted by molar-refractivity contribution is 0.801. The number of halogens is 2. The molecule has 1 nitrogen and oxygen atoms in total. The number of nitrogens with two attached hydrogens (primary N) is 1. The van der Waals surface area contributed by atoms with E-state index in [-0.39, 0.29) is 0 Å². The Morgan fingerprint density at radius 3 is 2.74 bits per heavy atom. The van der Waals surface area contributed by atoms with Crippen LogP contribution in [0.25, 0.3) is 11.1 Å². The molecule has 3 heteroatoms. The molecule has 0 bridgehead atoms. The fourth-order valence-electron chi connectivity index (χ4n) is 3.33. The molecule has 19 heavy (non-hydrogen) atoms. The Morgan fingerprint density at radius 1 is 1.05 bits per heavy atom. The highest BCUT2D eigenvalue weighted by atomic mass is 35.5. The molecule has 0 radical (unpaired) electrons.